The second kappa shape index (κ2) is 6.30. The third kappa shape index (κ3) is 2.73. The molecule has 5 nitrogen and oxygen atoms in total. The van der Waals surface area contributed by atoms with E-state index in [2.05, 4.69) is 4.98 Å². The lowest BCUT2D eigenvalue weighted by Gasteiger charge is -2.06. The van der Waals surface area contributed by atoms with Gasteiger partial charge in [-0.3, -0.25) is 9.36 Å². The van der Waals surface area contributed by atoms with Gasteiger partial charge in [0, 0.05) is 9.90 Å². The molecule has 126 valence electrons. The maximum Gasteiger partial charge on any atom is 0.275 e. The number of fused-ring (bicyclic) bond motifs is 1. The van der Waals surface area contributed by atoms with E-state index in [1.807, 2.05) is 24.3 Å². The summed E-state index contributed by atoms with van der Waals surface area (Å²) in [5.74, 6) is -0.125. The molecule has 0 bridgehead atoms. The van der Waals surface area contributed by atoms with Gasteiger partial charge in [-0.05, 0) is 42.0 Å². The third-order valence-electron chi connectivity index (χ3n) is 3.95. The van der Waals surface area contributed by atoms with E-state index in [-0.39, 0.29) is 16.9 Å². The molecule has 0 aliphatic rings. The highest BCUT2D eigenvalue weighted by atomic mass is 35.5. The van der Waals surface area contributed by atoms with Gasteiger partial charge in [0.2, 0.25) is 0 Å². The van der Waals surface area contributed by atoms with E-state index in [4.69, 9.17) is 16.9 Å². The number of aromatic hydroxyl groups is 1. The topological polar surface area (TPSA) is 78.9 Å². The van der Waals surface area contributed by atoms with Gasteiger partial charge in [0.1, 0.15) is 22.8 Å². The summed E-state index contributed by atoms with van der Waals surface area (Å²) in [5.41, 5.74) is 1.91. The Labute approximate surface area is 157 Å². The Balaban J connectivity index is 1.87. The standard InChI is InChI=1S/C19H10ClN3O2S/c20-13-3-1-11(2-4-13)17-8-15-18(26-17)19(25)23(10-22-15)14-5-6-16(24)12(7-14)9-21/h1-8,10,24H. The van der Waals surface area contributed by atoms with E-state index >= 15 is 0 Å². The Morgan fingerprint density at radius 1 is 1.15 bits per heavy atom. The number of nitriles is 1. The van der Waals surface area contributed by atoms with Crippen LogP contribution in [0.15, 0.2) is 59.7 Å². The molecule has 2 heterocycles. The molecule has 2 aromatic carbocycles. The molecule has 0 spiro atoms. The summed E-state index contributed by atoms with van der Waals surface area (Å²) >= 11 is 7.28. The molecule has 0 unspecified atom stereocenters. The van der Waals surface area contributed by atoms with Gasteiger partial charge in [0.15, 0.2) is 0 Å². The molecular formula is C19H10ClN3O2S. The molecule has 2 aromatic heterocycles. The van der Waals surface area contributed by atoms with Gasteiger partial charge in [-0.1, -0.05) is 23.7 Å². The first-order valence-electron chi connectivity index (χ1n) is 7.57. The van der Waals surface area contributed by atoms with Crippen molar-refractivity contribution in [2.75, 3.05) is 0 Å². The van der Waals surface area contributed by atoms with Crippen LogP contribution in [0.5, 0.6) is 5.75 Å². The highest BCUT2D eigenvalue weighted by Crippen LogP contribution is 2.31. The smallest absolute Gasteiger partial charge is 0.275 e. The lowest BCUT2D eigenvalue weighted by atomic mass is 10.2. The molecule has 7 heteroatoms. The summed E-state index contributed by atoms with van der Waals surface area (Å²) in [5, 5.41) is 19.3. The van der Waals surface area contributed by atoms with Crippen LogP contribution in [0, 0.1) is 11.3 Å². The first-order chi connectivity index (χ1) is 12.6. The molecule has 4 aromatic rings. The molecule has 0 saturated carbocycles. The normalized spacial score (nSPS) is 10.8. The van der Waals surface area contributed by atoms with Crippen LogP contribution in [0.2, 0.25) is 5.02 Å². The average molecular weight is 380 g/mol. The number of nitrogens with zero attached hydrogens (tertiary/aromatic N) is 3. The largest absolute Gasteiger partial charge is 0.507 e. The van der Waals surface area contributed by atoms with Crippen LogP contribution in [0.4, 0.5) is 0 Å². The highest BCUT2D eigenvalue weighted by Gasteiger charge is 2.12. The van der Waals surface area contributed by atoms with Gasteiger partial charge >= 0.3 is 0 Å². The van der Waals surface area contributed by atoms with Crippen LogP contribution in [-0.2, 0) is 0 Å². The van der Waals surface area contributed by atoms with Crippen molar-refractivity contribution < 1.29 is 5.11 Å². The maximum absolute atomic E-state index is 12.9. The number of hydrogen-bond acceptors (Lipinski definition) is 5. The van der Waals surface area contributed by atoms with E-state index in [9.17, 15) is 9.90 Å². The van der Waals surface area contributed by atoms with Gasteiger partial charge in [0.25, 0.3) is 5.56 Å². The highest BCUT2D eigenvalue weighted by molar-refractivity contribution is 7.22. The Morgan fingerprint density at radius 2 is 1.92 bits per heavy atom. The monoisotopic (exact) mass is 379 g/mol. The fourth-order valence-corrected chi connectivity index (χ4v) is 3.79. The number of benzene rings is 2. The fourth-order valence-electron chi connectivity index (χ4n) is 2.62. The zero-order valence-corrected chi connectivity index (χ0v) is 14.8. The number of halogens is 1. The van der Waals surface area contributed by atoms with E-state index in [1.54, 1.807) is 18.2 Å². The minimum atomic E-state index is -0.227. The lowest BCUT2D eigenvalue weighted by Crippen LogP contribution is -2.17. The second-order valence-electron chi connectivity index (χ2n) is 5.56. The van der Waals surface area contributed by atoms with Crippen molar-refractivity contribution in [3.63, 3.8) is 0 Å². The van der Waals surface area contributed by atoms with Crippen molar-refractivity contribution in [2.24, 2.45) is 0 Å². The predicted octanol–water partition coefficient (Wildman–Crippen LogP) is 4.34. The molecule has 0 aliphatic carbocycles. The molecule has 4 rings (SSSR count). The molecule has 0 amide bonds. The number of rotatable bonds is 2. The third-order valence-corrected chi connectivity index (χ3v) is 5.36. The van der Waals surface area contributed by atoms with Crippen molar-refractivity contribution in [1.82, 2.24) is 9.55 Å². The first-order valence-corrected chi connectivity index (χ1v) is 8.77. The van der Waals surface area contributed by atoms with Gasteiger partial charge in [-0.2, -0.15) is 5.26 Å². The Morgan fingerprint density at radius 3 is 2.65 bits per heavy atom. The van der Waals surface area contributed by atoms with E-state index in [0.717, 1.165) is 10.4 Å². The summed E-state index contributed by atoms with van der Waals surface area (Å²) in [4.78, 5) is 18.2. The molecular weight excluding hydrogens is 370 g/mol. The van der Waals surface area contributed by atoms with E-state index < -0.39 is 0 Å². The Kier molecular flexibility index (Phi) is 3.96. The van der Waals surface area contributed by atoms with Crippen LogP contribution in [0.1, 0.15) is 5.56 Å². The number of thiophene rings is 1. The number of hydrogen-bond donors (Lipinski definition) is 1. The SMILES string of the molecule is N#Cc1cc(-n2cnc3cc(-c4ccc(Cl)cc4)sc3c2=O)ccc1O. The van der Waals surface area contributed by atoms with Crippen LogP contribution < -0.4 is 5.56 Å². The molecule has 0 fully saturated rings. The van der Waals surface area contributed by atoms with E-state index in [0.29, 0.717) is 20.9 Å². The van der Waals surface area contributed by atoms with Crippen LogP contribution in [0.3, 0.4) is 0 Å². The zero-order chi connectivity index (χ0) is 18.3. The van der Waals surface area contributed by atoms with Crippen molar-refractivity contribution in [3.8, 4) is 27.9 Å². The van der Waals surface area contributed by atoms with Gasteiger partial charge in [-0.25, -0.2) is 4.98 Å². The van der Waals surface area contributed by atoms with Crippen molar-refractivity contribution in [2.45, 2.75) is 0 Å². The average Bonchev–Trinajstić information content (AvgIpc) is 3.08. The molecule has 0 aliphatic heterocycles. The molecule has 26 heavy (non-hydrogen) atoms. The molecule has 0 saturated heterocycles. The summed E-state index contributed by atoms with van der Waals surface area (Å²) in [6, 6.07) is 15.6. The Bertz CT molecular complexity index is 1240. The number of phenols is 1. The quantitative estimate of drug-likeness (QED) is 0.561. The predicted molar refractivity (Wildman–Crippen MR) is 102 cm³/mol. The summed E-state index contributed by atoms with van der Waals surface area (Å²) in [7, 11) is 0. The van der Waals surface area contributed by atoms with Crippen LogP contribution in [0.25, 0.3) is 26.3 Å². The lowest BCUT2D eigenvalue weighted by molar-refractivity contribution is 0.473. The summed E-state index contributed by atoms with van der Waals surface area (Å²) < 4.78 is 1.88. The number of aromatic nitrogens is 2. The second-order valence-corrected chi connectivity index (χ2v) is 7.05. The zero-order valence-electron chi connectivity index (χ0n) is 13.2. The van der Waals surface area contributed by atoms with Crippen LogP contribution >= 0.6 is 22.9 Å². The number of phenolic OH excluding ortho intramolecular Hbond substituents is 1. The molecule has 0 radical (unpaired) electrons. The summed E-state index contributed by atoms with van der Waals surface area (Å²) in [6.45, 7) is 0. The first kappa shape index (κ1) is 16.3. The summed E-state index contributed by atoms with van der Waals surface area (Å²) in [6.07, 6.45) is 1.43. The van der Waals surface area contributed by atoms with Gasteiger partial charge in [0.05, 0.1) is 16.8 Å². The van der Waals surface area contributed by atoms with Crippen molar-refractivity contribution >= 4 is 33.2 Å². The van der Waals surface area contributed by atoms with Gasteiger partial charge < -0.3 is 5.11 Å². The molecule has 1 N–H and O–H groups in total. The Hall–Kier alpha value is -3.14. The van der Waals surface area contributed by atoms with Crippen molar-refractivity contribution in [1.29, 1.82) is 5.26 Å². The van der Waals surface area contributed by atoms with E-state index in [1.165, 1.54) is 34.4 Å². The minimum Gasteiger partial charge on any atom is -0.507 e. The molecule has 0 atom stereocenters. The minimum absolute atomic E-state index is 0.0996. The van der Waals surface area contributed by atoms with Gasteiger partial charge in [-0.15, -0.1) is 11.3 Å². The maximum atomic E-state index is 12.9. The fraction of sp³-hybridized carbons (Fsp3) is 0. The van der Waals surface area contributed by atoms with Crippen molar-refractivity contribution in [3.05, 3.63) is 75.8 Å². The van der Waals surface area contributed by atoms with Crippen LogP contribution in [-0.4, -0.2) is 14.7 Å².